The molecule has 7 nitrogen and oxygen atoms in total. The highest BCUT2D eigenvalue weighted by molar-refractivity contribution is 7.99. The van der Waals surface area contributed by atoms with E-state index < -0.39 is 0 Å². The van der Waals surface area contributed by atoms with Crippen LogP contribution in [-0.2, 0) is 11.3 Å². The average molecular weight is 398 g/mol. The molecule has 0 spiro atoms. The number of hydrogen-bond donors (Lipinski definition) is 1. The summed E-state index contributed by atoms with van der Waals surface area (Å²) in [5, 5.41) is 12.5. The van der Waals surface area contributed by atoms with Gasteiger partial charge in [-0.2, -0.15) is 0 Å². The van der Waals surface area contributed by atoms with Crippen LogP contribution in [0.5, 0.6) is 5.75 Å². The minimum absolute atomic E-state index is 0.0304. The number of benzene rings is 1. The average Bonchev–Trinajstić information content (AvgIpc) is 3.27. The molecule has 1 amide bonds. The van der Waals surface area contributed by atoms with Crippen molar-refractivity contribution in [1.82, 2.24) is 14.8 Å². The van der Waals surface area contributed by atoms with Gasteiger partial charge in [0.25, 0.3) is 0 Å². The van der Waals surface area contributed by atoms with Gasteiger partial charge in [0.15, 0.2) is 5.16 Å². The molecule has 1 fully saturated rings. The van der Waals surface area contributed by atoms with Gasteiger partial charge >= 0.3 is 0 Å². The summed E-state index contributed by atoms with van der Waals surface area (Å²) in [6.07, 6.45) is 4.38. The van der Waals surface area contributed by atoms with E-state index in [1.165, 1.54) is 0 Å². The van der Waals surface area contributed by atoms with E-state index >= 15 is 0 Å². The molecule has 0 bridgehead atoms. The summed E-state index contributed by atoms with van der Waals surface area (Å²) < 4.78 is 12.7. The van der Waals surface area contributed by atoms with Crippen LogP contribution in [0, 0.1) is 0 Å². The number of nitrogens with one attached hydrogen (secondary N) is 1. The van der Waals surface area contributed by atoms with Gasteiger partial charge in [-0.3, -0.25) is 9.36 Å². The van der Waals surface area contributed by atoms with Crippen LogP contribution < -0.4 is 10.1 Å². The van der Waals surface area contributed by atoms with E-state index in [4.69, 9.17) is 9.15 Å². The number of furan rings is 1. The highest BCUT2D eigenvalue weighted by Crippen LogP contribution is 2.40. The summed E-state index contributed by atoms with van der Waals surface area (Å²) in [7, 11) is 1.62. The molecular weight excluding hydrogens is 376 g/mol. The topological polar surface area (TPSA) is 82.2 Å². The monoisotopic (exact) mass is 398 g/mol. The Morgan fingerprint density at radius 1 is 1.29 bits per heavy atom. The Kier molecular flexibility index (Phi) is 5.66. The molecule has 0 aliphatic heterocycles. The fourth-order valence-electron chi connectivity index (χ4n) is 2.89. The zero-order valence-electron chi connectivity index (χ0n) is 15.6. The molecule has 1 N–H and O–H groups in total. The van der Waals surface area contributed by atoms with Gasteiger partial charge in [0.05, 0.1) is 19.9 Å². The van der Waals surface area contributed by atoms with E-state index in [-0.39, 0.29) is 5.91 Å². The minimum atomic E-state index is -0.0304. The fourth-order valence-corrected chi connectivity index (χ4v) is 3.77. The summed E-state index contributed by atoms with van der Waals surface area (Å²) in [6.45, 7) is 0.617. The van der Waals surface area contributed by atoms with Gasteiger partial charge in [0.1, 0.15) is 17.3 Å². The van der Waals surface area contributed by atoms with E-state index in [1.807, 2.05) is 36.4 Å². The predicted molar refractivity (Wildman–Crippen MR) is 107 cm³/mol. The van der Waals surface area contributed by atoms with Crippen LogP contribution in [0.4, 0.5) is 5.69 Å². The lowest BCUT2D eigenvalue weighted by Crippen LogP contribution is -2.12. The maximum Gasteiger partial charge on any atom is 0.225 e. The summed E-state index contributed by atoms with van der Waals surface area (Å²) in [5.74, 6) is 3.74. The molecular formula is C20H22N4O3S. The van der Waals surface area contributed by atoms with Crippen LogP contribution in [0.25, 0.3) is 0 Å². The van der Waals surface area contributed by atoms with Crippen LogP contribution in [0.15, 0.2) is 52.2 Å². The van der Waals surface area contributed by atoms with Crippen molar-refractivity contribution < 1.29 is 13.9 Å². The molecule has 1 aliphatic carbocycles. The van der Waals surface area contributed by atoms with Gasteiger partial charge in [-0.05, 0) is 49.2 Å². The number of nitrogens with zero attached hydrogens (tertiary/aromatic N) is 3. The molecule has 2 aromatic heterocycles. The molecule has 1 saturated carbocycles. The minimum Gasteiger partial charge on any atom is -0.497 e. The quantitative estimate of drug-likeness (QED) is 0.550. The molecule has 8 heteroatoms. The number of rotatable bonds is 9. The van der Waals surface area contributed by atoms with Crippen molar-refractivity contribution in [3.63, 3.8) is 0 Å². The number of anilines is 1. The first-order valence-corrected chi connectivity index (χ1v) is 10.2. The number of amides is 1. The molecule has 4 rings (SSSR count). The Bertz CT molecular complexity index is 918. The van der Waals surface area contributed by atoms with Crippen LogP contribution in [-0.4, -0.2) is 33.5 Å². The van der Waals surface area contributed by atoms with Crippen LogP contribution >= 0.6 is 11.8 Å². The number of thioether (sulfide) groups is 1. The fraction of sp³-hybridized carbons (Fsp3) is 0.350. The second kappa shape index (κ2) is 8.52. The molecule has 3 aromatic rings. The Balaban J connectivity index is 1.33. The van der Waals surface area contributed by atoms with Gasteiger partial charge in [0, 0.05) is 23.8 Å². The predicted octanol–water partition coefficient (Wildman–Crippen LogP) is 3.93. The molecule has 0 radical (unpaired) electrons. The zero-order valence-corrected chi connectivity index (χ0v) is 16.4. The first-order chi connectivity index (χ1) is 13.7. The van der Waals surface area contributed by atoms with E-state index in [0.717, 1.165) is 41.0 Å². The number of ether oxygens (including phenoxy) is 1. The zero-order chi connectivity index (χ0) is 19.3. The Labute approximate surface area is 167 Å². The van der Waals surface area contributed by atoms with Crippen molar-refractivity contribution in [2.45, 2.75) is 36.9 Å². The maximum absolute atomic E-state index is 12.2. The number of carbonyl (C=O) groups is 1. The number of carbonyl (C=O) groups excluding carboxylic acids is 1. The SMILES string of the molecule is COc1ccc(NC(=O)CCSc2nnc(C3CC3)n2Cc2ccco2)cc1. The Morgan fingerprint density at radius 3 is 2.79 bits per heavy atom. The first-order valence-electron chi connectivity index (χ1n) is 9.25. The molecule has 2 heterocycles. The second-order valence-electron chi connectivity index (χ2n) is 6.66. The summed E-state index contributed by atoms with van der Waals surface area (Å²) in [4.78, 5) is 12.2. The van der Waals surface area contributed by atoms with Crippen molar-refractivity contribution in [2.75, 3.05) is 18.2 Å². The van der Waals surface area contributed by atoms with E-state index in [9.17, 15) is 4.79 Å². The van der Waals surface area contributed by atoms with Crippen molar-refractivity contribution in [1.29, 1.82) is 0 Å². The molecule has 146 valence electrons. The lowest BCUT2D eigenvalue weighted by molar-refractivity contribution is -0.115. The van der Waals surface area contributed by atoms with Crippen molar-refractivity contribution >= 4 is 23.4 Å². The summed E-state index contributed by atoms with van der Waals surface area (Å²) in [5.41, 5.74) is 0.757. The highest BCUT2D eigenvalue weighted by Gasteiger charge is 2.30. The number of methoxy groups -OCH3 is 1. The molecule has 0 atom stereocenters. The van der Waals surface area contributed by atoms with Gasteiger partial charge in [-0.15, -0.1) is 10.2 Å². The third-order valence-corrected chi connectivity index (χ3v) is 5.48. The summed E-state index contributed by atoms with van der Waals surface area (Å²) >= 11 is 1.55. The number of hydrogen-bond acceptors (Lipinski definition) is 6. The standard InChI is InChI=1S/C20H22N4O3S/c1-26-16-8-6-15(7-9-16)21-18(25)10-12-28-20-23-22-19(14-4-5-14)24(20)13-17-3-2-11-27-17/h2-3,6-9,11,14H,4-5,10,12-13H2,1H3,(H,21,25). The van der Waals surface area contributed by atoms with Gasteiger partial charge in [-0.25, -0.2) is 0 Å². The molecule has 1 aromatic carbocycles. The van der Waals surface area contributed by atoms with Gasteiger partial charge in [0.2, 0.25) is 5.91 Å². The van der Waals surface area contributed by atoms with Crippen molar-refractivity contribution in [3.05, 3.63) is 54.2 Å². The maximum atomic E-state index is 12.2. The third-order valence-electron chi connectivity index (χ3n) is 4.52. The third kappa shape index (κ3) is 4.56. The molecule has 0 saturated heterocycles. The lowest BCUT2D eigenvalue weighted by atomic mass is 10.3. The van der Waals surface area contributed by atoms with E-state index in [1.54, 1.807) is 25.1 Å². The first kappa shape index (κ1) is 18.6. The summed E-state index contributed by atoms with van der Waals surface area (Å²) in [6, 6.07) is 11.1. The molecule has 28 heavy (non-hydrogen) atoms. The molecule has 1 aliphatic rings. The normalized spacial score (nSPS) is 13.5. The van der Waals surface area contributed by atoms with Crippen molar-refractivity contribution in [3.8, 4) is 5.75 Å². The number of aromatic nitrogens is 3. The Hall–Kier alpha value is -2.74. The highest BCUT2D eigenvalue weighted by atomic mass is 32.2. The van der Waals surface area contributed by atoms with Crippen LogP contribution in [0.2, 0.25) is 0 Å². The lowest BCUT2D eigenvalue weighted by Gasteiger charge is -2.08. The van der Waals surface area contributed by atoms with Crippen LogP contribution in [0.1, 0.15) is 36.8 Å². The van der Waals surface area contributed by atoms with Gasteiger partial charge < -0.3 is 14.5 Å². The van der Waals surface area contributed by atoms with Crippen LogP contribution in [0.3, 0.4) is 0 Å². The van der Waals surface area contributed by atoms with E-state index in [0.29, 0.717) is 24.6 Å². The van der Waals surface area contributed by atoms with Crippen molar-refractivity contribution in [2.24, 2.45) is 0 Å². The van der Waals surface area contributed by atoms with Gasteiger partial charge in [-0.1, -0.05) is 11.8 Å². The van der Waals surface area contributed by atoms with E-state index in [2.05, 4.69) is 20.1 Å². The largest absolute Gasteiger partial charge is 0.497 e. The Morgan fingerprint density at radius 2 is 2.11 bits per heavy atom. The second-order valence-corrected chi connectivity index (χ2v) is 7.72. The molecule has 0 unspecified atom stereocenters. The smallest absolute Gasteiger partial charge is 0.225 e.